The summed E-state index contributed by atoms with van der Waals surface area (Å²) in [6, 6.07) is 13.6. The Kier molecular flexibility index (Phi) is 6.33. The predicted octanol–water partition coefficient (Wildman–Crippen LogP) is 3.37. The third-order valence-electron chi connectivity index (χ3n) is 3.76. The van der Waals surface area contributed by atoms with Crippen LogP contribution in [0.5, 0.6) is 5.75 Å². The van der Waals surface area contributed by atoms with Crippen molar-refractivity contribution in [3.63, 3.8) is 0 Å². The fourth-order valence-electron chi connectivity index (χ4n) is 2.38. The number of carbonyl (C=O) groups excluding carboxylic acids is 1. The minimum Gasteiger partial charge on any atom is -0.492 e. The average molecular weight is 361 g/mol. The van der Waals surface area contributed by atoms with Gasteiger partial charge in [-0.05, 0) is 36.6 Å². The van der Waals surface area contributed by atoms with Crippen LogP contribution >= 0.6 is 0 Å². The Morgan fingerprint density at radius 1 is 1.08 bits per heavy atom. The van der Waals surface area contributed by atoms with Crippen molar-refractivity contribution in [1.29, 1.82) is 0 Å². The zero-order valence-electron chi connectivity index (χ0n) is 14.7. The number of nitrogens with one attached hydrogen (secondary N) is 1. The Morgan fingerprint density at radius 2 is 1.72 bits per heavy atom. The van der Waals surface area contributed by atoms with Crippen LogP contribution in [0.15, 0.2) is 53.4 Å². The van der Waals surface area contributed by atoms with Crippen molar-refractivity contribution in [2.45, 2.75) is 31.6 Å². The summed E-state index contributed by atoms with van der Waals surface area (Å²) >= 11 is 0. The molecule has 0 unspecified atom stereocenters. The van der Waals surface area contributed by atoms with Gasteiger partial charge in [0.05, 0.1) is 4.90 Å². The summed E-state index contributed by atoms with van der Waals surface area (Å²) in [5.74, 6) is 0.990. The van der Waals surface area contributed by atoms with E-state index in [1.165, 1.54) is 31.2 Å². The number of para-hydroxylation sites is 1. The number of ether oxygens (including phenoxy) is 1. The zero-order valence-corrected chi connectivity index (χ0v) is 15.5. The normalized spacial score (nSPS) is 11.5. The minimum atomic E-state index is -3.62. The van der Waals surface area contributed by atoms with Crippen LogP contribution in [0.4, 0.5) is 0 Å². The van der Waals surface area contributed by atoms with Crippen molar-refractivity contribution in [2.75, 3.05) is 13.2 Å². The van der Waals surface area contributed by atoms with E-state index in [-0.39, 0.29) is 23.8 Å². The third kappa shape index (κ3) is 5.14. The summed E-state index contributed by atoms with van der Waals surface area (Å²) in [6.45, 7) is 5.98. The third-order valence-corrected chi connectivity index (χ3v) is 5.24. The summed E-state index contributed by atoms with van der Waals surface area (Å²) in [6.07, 6.45) is 0. The molecule has 0 saturated carbocycles. The van der Waals surface area contributed by atoms with Crippen molar-refractivity contribution in [2.24, 2.45) is 0 Å². The second kappa shape index (κ2) is 8.27. The monoisotopic (exact) mass is 361 g/mol. The lowest BCUT2D eigenvalue weighted by Gasteiger charge is -2.14. The second-order valence-electron chi connectivity index (χ2n) is 6.02. The van der Waals surface area contributed by atoms with Crippen LogP contribution in [-0.4, -0.2) is 27.4 Å². The molecule has 6 heteroatoms. The van der Waals surface area contributed by atoms with Crippen molar-refractivity contribution < 1.29 is 17.9 Å². The van der Waals surface area contributed by atoms with Crippen LogP contribution in [0.2, 0.25) is 0 Å². The Bertz CT molecular complexity index is 827. The Balaban J connectivity index is 1.94. The zero-order chi connectivity index (χ0) is 18.4. The Hall–Kier alpha value is -2.18. The molecule has 0 aromatic heterocycles. The lowest BCUT2D eigenvalue weighted by Crippen LogP contribution is -2.28. The summed E-state index contributed by atoms with van der Waals surface area (Å²) < 4.78 is 32.7. The van der Waals surface area contributed by atoms with Crippen LogP contribution in [0.3, 0.4) is 0 Å². The number of rotatable bonds is 8. The number of carbonyl (C=O) groups is 1. The number of ketones is 1. The standard InChI is InChI=1S/C19H23NO4S/c1-14(2)18-6-4-5-7-19(18)24-13-12-20-25(22,23)17-10-8-16(9-11-17)15(3)21/h4-11,14,20H,12-13H2,1-3H3. The van der Waals surface area contributed by atoms with E-state index in [0.29, 0.717) is 11.5 Å². The lowest BCUT2D eigenvalue weighted by molar-refractivity contribution is 0.101. The van der Waals surface area contributed by atoms with E-state index in [1.807, 2.05) is 24.3 Å². The smallest absolute Gasteiger partial charge is 0.240 e. The second-order valence-corrected chi connectivity index (χ2v) is 7.79. The molecule has 0 bridgehead atoms. The van der Waals surface area contributed by atoms with Crippen molar-refractivity contribution >= 4 is 15.8 Å². The summed E-state index contributed by atoms with van der Waals surface area (Å²) in [4.78, 5) is 11.4. The van der Waals surface area contributed by atoms with Crippen molar-refractivity contribution in [1.82, 2.24) is 4.72 Å². The fourth-order valence-corrected chi connectivity index (χ4v) is 3.39. The van der Waals surface area contributed by atoms with E-state index in [9.17, 15) is 13.2 Å². The first-order valence-electron chi connectivity index (χ1n) is 8.13. The van der Waals surface area contributed by atoms with Crippen LogP contribution in [0.25, 0.3) is 0 Å². The quantitative estimate of drug-likeness (QED) is 0.578. The van der Waals surface area contributed by atoms with E-state index in [4.69, 9.17) is 4.74 Å². The van der Waals surface area contributed by atoms with Gasteiger partial charge >= 0.3 is 0 Å². The summed E-state index contributed by atoms with van der Waals surface area (Å²) in [7, 11) is -3.62. The first-order valence-corrected chi connectivity index (χ1v) is 9.62. The maximum atomic E-state index is 12.2. The van der Waals surface area contributed by atoms with Gasteiger partial charge in [-0.25, -0.2) is 13.1 Å². The first-order chi connectivity index (χ1) is 11.8. The van der Waals surface area contributed by atoms with E-state index >= 15 is 0 Å². The fraction of sp³-hybridized carbons (Fsp3) is 0.316. The van der Waals surface area contributed by atoms with Gasteiger partial charge in [-0.1, -0.05) is 44.2 Å². The molecule has 2 aromatic carbocycles. The predicted molar refractivity (Wildman–Crippen MR) is 97.7 cm³/mol. The molecule has 0 aliphatic rings. The van der Waals surface area contributed by atoms with Crippen LogP contribution < -0.4 is 9.46 Å². The van der Waals surface area contributed by atoms with Gasteiger partial charge in [0.25, 0.3) is 0 Å². The molecule has 0 aliphatic carbocycles. The van der Waals surface area contributed by atoms with Gasteiger partial charge < -0.3 is 4.74 Å². The lowest BCUT2D eigenvalue weighted by atomic mass is 10.0. The van der Waals surface area contributed by atoms with Crippen LogP contribution in [0, 0.1) is 0 Å². The Labute approximate surface area is 149 Å². The molecule has 134 valence electrons. The highest BCUT2D eigenvalue weighted by Gasteiger charge is 2.14. The average Bonchev–Trinajstić information content (AvgIpc) is 2.59. The molecule has 25 heavy (non-hydrogen) atoms. The highest BCUT2D eigenvalue weighted by atomic mass is 32.2. The number of Topliss-reactive ketones (excluding diaryl/α,β-unsaturated/α-hetero) is 1. The molecule has 1 N–H and O–H groups in total. The van der Waals surface area contributed by atoms with Crippen LogP contribution in [-0.2, 0) is 10.0 Å². The molecule has 0 radical (unpaired) electrons. The van der Waals surface area contributed by atoms with E-state index in [0.717, 1.165) is 11.3 Å². The van der Waals surface area contributed by atoms with Crippen LogP contribution in [0.1, 0.15) is 42.6 Å². The topological polar surface area (TPSA) is 72.5 Å². The maximum Gasteiger partial charge on any atom is 0.240 e. The van der Waals surface area contributed by atoms with Gasteiger partial charge in [0.1, 0.15) is 12.4 Å². The van der Waals surface area contributed by atoms with Gasteiger partial charge in [-0.15, -0.1) is 0 Å². The van der Waals surface area contributed by atoms with Gasteiger partial charge in [0.15, 0.2) is 5.78 Å². The molecule has 0 saturated heterocycles. The largest absolute Gasteiger partial charge is 0.492 e. The molecule has 0 heterocycles. The maximum absolute atomic E-state index is 12.2. The molecule has 0 amide bonds. The van der Waals surface area contributed by atoms with E-state index < -0.39 is 10.0 Å². The molecule has 5 nitrogen and oxygen atoms in total. The molecule has 0 spiro atoms. The van der Waals surface area contributed by atoms with Crippen molar-refractivity contribution in [3.8, 4) is 5.75 Å². The molecule has 0 atom stereocenters. The van der Waals surface area contributed by atoms with Gasteiger partial charge in [0.2, 0.25) is 10.0 Å². The summed E-state index contributed by atoms with van der Waals surface area (Å²) in [5, 5.41) is 0. The van der Waals surface area contributed by atoms with E-state index in [1.54, 1.807) is 0 Å². The molecular weight excluding hydrogens is 338 g/mol. The highest BCUT2D eigenvalue weighted by molar-refractivity contribution is 7.89. The first kappa shape index (κ1) is 19.1. The minimum absolute atomic E-state index is 0.103. The highest BCUT2D eigenvalue weighted by Crippen LogP contribution is 2.25. The van der Waals surface area contributed by atoms with Gasteiger partial charge in [-0.2, -0.15) is 0 Å². The Morgan fingerprint density at radius 3 is 2.32 bits per heavy atom. The van der Waals surface area contributed by atoms with Crippen molar-refractivity contribution in [3.05, 3.63) is 59.7 Å². The summed E-state index contributed by atoms with van der Waals surface area (Å²) in [5.41, 5.74) is 1.57. The molecule has 2 aromatic rings. The van der Waals surface area contributed by atoms with Gasteiger partial charge in [-0.3, -0.25) is 4.79 Å². The molecular formula is C19H23NO4S. The molecule has 0 fully saturated rings. The SMILES string of the molecule is CC(=O)c1ccc(S(=O)(=O)NCCOc2ccccc2C(C)C)cc1. The number of hydrogen-bond acceptors (Lipinski definition) is 4. The molecule has 0 aliphatic heterocycles. The van der Waals surface area contributed by atoms with E-state index in [2.05, 4.69) is 18.6 Å². The molecule has 2 rings (SSSR count). The number of sulfonamides is 1. The van der Waals surface area contributed by atoms with Gasteiger partial charge in [0, 0.05) is 12.1 Å². The number of benzene rings is 2. The number of hydrogen-bond donors (Lipinski definition) is 1.